The molecule has 1 aliphatic heterocycles. The summed E-state index contributed by atoms with van der Waals surface area (Å²) in [6.45, 7) is 6.70. The van der Waals surface area contributed by atoms with Crippen LogP contribution in [0.2, 0.25) is 0 Å². The van der Waals surface area contributed by atoms with E-state index in [0.717, 1.165) is 5.69 Å². The molecule has 92 valence electrons. The van der Waals surface area contributed by atoms with Gasteiger partial charge in [-0.1, -0.05) is 6.07 Å². The Morgan fingerprint density at radius 1 is 1.35 bits per heavy atom. The van der Waals surface area contributed by atoms with E-state index in [1.165, 1.54) is 4.90 Å². The van der Waals surface area contributed by atoms with Gasteiger partial charge in [0.15, 0.2) is 11.3 Å². The lowest BCUT2D eigenvalue weighted by atomic mass is 9.96. The maximum atomic E-state index is 11.8. The average molecular weight is 236 g/mol. The lowest BCUT2D eigenvalue weighted by Crippen LogP contribution is -2.54. The highest BCUT2D eigenvalue weighted by Gasteiger charge is 2.57. The van der Waals surface area contributed by atoms with Crippen LogP contribution in [0.4, 0.5) is 10.6 Å². The molecule has 1 aliphatic rings. The molecular weight excluding hydrogens is 220 g/mol. The Balaban J connectivity index is 2.49. The van der Waals surface area contributed by atoms with Gasteiger partial charge in [0.1, 0.15) is 5.82 Å². The first-order valence-corrected chi connectivity index (χ1v) is 5.45. The summed E-state index contributed by atoms with van der Waals surface area (Å²) in [5.41, 5.74) is -1.63. The maximum absolute atomic E-state index is 11.8. The second-order valence-corrected chi connectivity index (χ2v) is 4.87. The number of nitrogens with zero attached hydrogens (tertiary/aromatic N) is 2. The lowest BCUT2D eigenvalue weighted by molar-refractivity contribution is -0.0725. The number of cyclic esters (lactones) is 1. The number of carbonyl (C=O) groups is 1. The molecule has 0 radical (unpaired) electrons. The van der Waals surface area contributed by atoms with Crippen molar-refractivity contribution >= 4 is 11.9 Å². The van der Waals surface area contributed by atoms with Crippen LogP contribution in [-0.4, -0.2) is 27.5 Å². The summed E-state index contributed by atoms with van der Waals surface area (Å²) in [4.78, 5) is 17.2. The summed E-state index contributed by atoms with van der Waals surface area (Å²) in [5, 5.41) is 10.4. The standard InChI is InChI=1S/C12H16N2O3/c1-8-6-5-7-9(13-8)14-10(15)17-11(2,3)12(14,4)16/h5-7,16H,1-4H3/t12-/m0/s1. The Kier molecular flexibility index (Phi) is 2.39. The molecule has 0 saturated carbocycles. The molecule has 0 bridgehead atoms. The van der Waals surface area contributed by atoms with E-state index in [9.17, 15) is 9.90 Å². The SMILES string of the molecule is Cc1cccc(N2C(=O)OC(C)(C)[C@]2(C)O)n1. The molecule has 0 spiro atoms. The molecule has 1 aromatic heterocycles. The first kappa shape index (κ1) is 11.9. The number of pyridine rings is 1. The van der Waals surface area contributed by atoms with E-state index in [-0.39, 0.29) is 0 Å². The Hall–Kier alpha value is -1.62. The highest BCUT2D eigenvalue weighted by molar-refractivity contribution is 5.90. The number of aromatic nitrogens is 1. The molecule has 1 fully saturated rings. The first-order chi connectivity index (χ1) is 7.75. The fraction of sp³-hybridized carbons (Fsp3) is 0.500. The zero-order valence-corrected chi connectivity index (χ0v) is 10.4. The van der Waals surface area contributed by atoms with Crippen molar-refractivity contribution in [2.75, 3.05) is 4.90 Å². The molecule has 5 nitrogen and oxygen atoms in total. The van der Waals surface area contributed by atoms with Gasteiger partial charge < -0.3 is 9.84 Å². The van der Waals surface area contributed by atoms with Crippen LogP contribution in [-0.2, 0) is 4.74 Å². The summed E-state index contributed by atoms with van der Waals surface area (Å²) >= 11 is 0. The third-order valence-electron chi connectivity index (χ3n) is 3.20. The summed E-state index contributed by atoms with van der Waals surface area (Å²) in [6, 6.07) is 5.28. The number of carbonyl (C=O) groups excluding carboxylic acids is 1. The van der Waals surface area contributed by atoms with Crippen LogP contribution in [0, 0.1) is 6.92 Å². The van der Waals surface area contributed by atoms with Gasteiger partial charge in [0.05, 0.1) is 0 Å². The van der Waals surface area contributed by atoms with Gasteiger partial charge in [-0.3, -0.25) is 0 Å². The monoisotopic (exact) mass is 236 g/mol. The lowest BCUT2D eigenvalue weighted by Gasteiger charge is -2.34. The maximum Gasteiger partial charge on any atom is 0.418 e. The Morgan fingerprint density at radius 2 is 2.00 bits per heavy atom. The molecule has 17 heavy (non-hydrogen) atoms. The van der Waals surface area contributed by atoms with E-state index in [1.807, 2.05) is 13.0 Å². The number of anilines is 1. The number of aliphatic hydroxyl groups is 1. The van der Waals surface area contributed by atoms with Crippen LogP contribution in [0.25, 0.3) is 0 Å². The number of hydrogen-bond acceptors (Lipinski definition) is 4. The number of amides is 1. The molecule has 1 saturated heterocycles. The largest absolute Gasteiger partial charge is 0.438 e. The van der Waals surface area contributed by atoms with E-state index in [4.69, 9.17) is 4.74 Å². The molecule has 1 amide bonds. The number of ether oxygens (including phenoxy) is 1. The van der Waals surface area contributed by atoms with Crippen LogP contribution < -0.4 is 4.90 Å². The molecule has 0 unspecified atom stereocenters. The second-order valence-electron chi connectivity index (χ2n) is 4.87. The van der Waals surface area contributed by atoms with Crippen molar-refractivity contribution in [3.63, 3.8) is 0 Å². The van der Waals surface area contributed by atoms with Crippen molar-refractivity contribution in [3.8, 4) is 0 Å². The van der Waals surface area contributed by atoms with Gasteiger partial charge in [-0.25, -0.2) is 14.7 Å². The van der Waals surface area contributed by atoms with Crippen molar-refractivity contribution in [2.45, 2.75) is 39.0 Å². The molecular formula is C12H16N2O3. The summed E-state index contributed by atoms with van der Waals surface area (Å²) in [7, 11) is 0. The fourth-order valence-electron chi connectivity index (χ4n) is 1.78. The third-order valence-corrected chi connectivity index (χ3v) is 3.20. The van der Waals surface area contributed by atoms with Crippen molar-refractivity contribution in [3.05, 3.63) is 23.9 Å². The zero-order valence-electron chi connectivity index (χ0n) is 10.4. The first-order valence-electron chi connectivity index (χ1n) is 5.45. The topological polar surface area (TPSA) is 62.7 Å². The van der Waals surface area contributed by atoms with Crippen LogP contribution in [0.1, 0.15) is 26.5 Å². The van der Waals surface area contributed by atoms with E-state index in [1.54, 1.807) is 32.9 Å². The van der Waals surface area contributed by atoms with E-state index >= 15 is 0 Å². The van der Waals surface area contributed by atoms with Crippen LogP contribution in [0.15, 0.2) is 18.2 Å². The van der Waals surface area contributed by atoms with Crippen molar-refractivity contribution < 1.29 is 14.6 Å². The normalized spacial score (nSPS) is 27.1. The van der Waals surface area contributed by atoms with Gasteiger partial charge >= 0.3 is 6.09 Å². The minimum Gasteiger partial charge on any atom is -0.438 e. The predicted octanol–water partition coefficient (Wildman–Crippen LogP) is 1.83. The minimum absolute atomic E-state index is 0.394. The molecule has 0 aromatic carbocycles. The van der Waals surface area contributed by atoms with Crippen LogP contribution >= 0.6 is 0 Å². The minimum atomic E-state index is -1.43. The van der Waals surface area contributed by atoms with Crippen molar-refractivity contribution in [2.24, 2.45) is 0 Å². The van der Waals surface area contributed by atoms with Crippen molar-refractivity contribution in [1.82, 2.24) is 4.98 Å². The Labute approximate surface area is 100 Å². The Bertz CT molecular complexity index is 469. The van der Waals surface area contributed by atoms with Gasteiger partial charge in [-0.05, 0) is 39.8 Å². The highest BCUT2D eigenvalue weighted by atomic mass is 16.6. The fourth-order valence-corrected chi connectivity index (χ4v) is 1.78. The summed E-state index contributed by atoms with van der Waals surface area (Å²) in [6.07, 6.45) is -0.585. The molecule has 5 heteroatoms. The Morgan fingerprint density at radius 3 is 2.47 bits per heavy atom. The average Bonchev–Trinajstić information content (AvgIpc) is 2.31. The van der Waals surface area contributed by atoms with Gasteiger partial charge in [-0.2, -0.15) is 0 Å². The van der Waals surface area contributed by atoms with Crippen LogP contribution in [0.3, 0.4) is 0 Å². The third kappa shape index (κ3) is 1.67. The number of rotatable bonds is 1. The molecule has 1 aromatic rings. The van der Waals surface area contributed by atoms with E-state index < -0.39 is 17.4 Å². The van der Waals surface area contributed by atoms with E-state index in [0.29, 0.717) is 5.82 Å². The quantitative estimate of drug-likeness (QED) is 0.808. The second kappa shape index (κ2) is 3.43. The van der Waals surface area contributed by atoms with Gasteiger partial charge in [0, 0.05) is 5.69 Å². The van der Waals surface area contributed by atoms with Gasteiger partial charge in [-0.15, -0.1) is 0 Å². The zero-order chi connectivity index (χ0) is 12.8. The predicted molar refractivity (Wildman–Crippen MR) is 62.6 cm³/mol. The van der Waals surface area contributed by atoms with E-state index in [2.05, 4.69) is 4.98 Å². The molecule has 0 aliphatic carbocycles. The smallest absolute Gasteiger partial charge is 0.418 e. The molecule has 1 atom stereocenters. The van der Waals surface area contributed by atoms with Gasteiger partial charge in [0.25, 0.3) is 0 Å². The summed E-state index contributed by atoms with van der Waals surface area (Å²) in [5.74, 6) is 0.394. The molecule has 2 heterocycles. The number of aryl methyl sites for hydroxylation is 1. The molecule has 1 N–H and O–H groups in total. The molecule has 2 rings (SSSR count). The number of hydrogen-bond donors (Lipinski definition) is 1. The summed E-state index contributed by atoms with van der Waals surface area (Å²) < 4.78 is 5.17. The van der Waals surface area contributed by atoms with Crippen LogP contribution in [0.5, 0.6) is 0 Å². The van der Waals surface area contributed by atoms with Crippen molar-refractivity contribution in [1.29, 1.82) is 0 Å². The highest BCUT2D eigenvalue weighted by Crippen LogP contribution is 2.39. The van der Waals surface area contributed by atoms with Gasteiger partial charge in [0.2, 0.25) is 0 Å².